The lowest BCUT2D eigenvalue weighted by molar-refractivity contribution is 0.102. The Labute approximate surface area is 173 Å². The molecule has 1 aliphatic rings. The molecule has 5 N–H and O–H groups in total. The van der Waals surface area contributed by atoms with E-state index in [1.165, 1.54) is 11.3 Å². The highest BCUT2D eigenvalue weighted by molar-refractivity contribution is 7.19. The molecule has 150 valence electrons. The molecule has 4 rings (SSSR count). The van der Waals surface area contributed by atoms with E-state index in [0.717, 1.165) is 47.8 Å². The van der Waals surface area contributed by atoms with Crippen LogP contribution in [0.2, 0.25) is 0 Å². The zero-order valence-electron chi connectivity index (χ0n) is 16.3. The Morgan fingerprint density at radius 1 is 1.34 bits per heavy atom. The molecule has 0 aliphatic carbocycles. The van der Waals surface area contributed by atoms with E-state index < -0.39 is 0 Å². The van der Waals surface area contributed by atoms with Crippen molar-refractivity contribution in [1.82, 2.24) is 9.97 Å². The van der Waals surface area contributed by atoms with Crippen LogP contribution in [0.1, 0.15) is 28.9 Å². The molecule has 1 atom stereocenters. The van der Waals surface area contributed by atoms with Crippen molar-refractivity contribution in [3.63, 3.8) is 0 Å². The molecule has 3 heterocycles. The second kappa shape index (κ2) is 8.18. The Balaban J connectivity index is 1.58. The fourth-order valence-corrected chi connectivity index (χ4v) is 4.39. The lowest BCUT2D eigenvalue weighted by Gasteiger charge is -2.33. The van der Waals surface area contributed by atoms with Gasteiger partial charge in [-0.05, 0) is 31.9 Å². The van der Waals surface area contributed by atoms with E-state index in [-0.39, 0.29) is 17.6 Å². The number of nitrogens with one attached hydrogen (secondary N) is 1. The molecule has 3 aromatic rings. The summed E-state index contributed by atoms with van der Waals surface area (Å²) in [7, 11) is 0. The first-order chi connectivity index (χ1) is 14.0. The summed E-state index contributed by atoms with van der Waals surface area (Å²) >= 11 is 1.31. The smallest absolute Gasteiger partial charge is 0.277 e. The predicted molar refractivity (Wildman–Crippen MR) is 118 cm³/mol. The van der Waals surface area contributed by atoms with Crippen molar-refractivity contribution in [1.29, 1.82) is 0 Å². The number of nitrogen functional groups attached to an aromatic ring is 1. The number of aryl methyl sites for hydroxylation is 1. The molecule has 8 heteroatoms. The average Bonchev–Trinajstić information content (AvgIpc) is 3.10. The van der Waals surface area contributed by atoms with Crippen LogP contribution < -0.4 is 21.7 Å². The maximum atomic E-state index is 12.9. The molecule has 29 heavy (non-hydrogen) atoms. The Morgan fingerprint density at radius 2 is 2.21 bits per heavy atom. The van der Waals surface area contributed by atoms with Crippen molar-refractivity contribution in [2.75, 3.05) is 29.0 Å². The molecule has 0 saturated carbocycles. The van der Waals surface area contributed by atoms with E-state index in [1.54, 1.807) is 12.4 Å². The van der Waals surface area contributed by atoms with Crippen LogP contribution in [0.3, 0.4) is 0 Å². The minimum atomic E-state index is -0.340. The molecule has 1 aliphatic heterocycles. The first kappa shape index (κ1) is 19.4. The summed E-state index contributed by atoms with van der Waals surface area (Å²) in [5.74, 6) is -0.340. The molecule has 1 saturated heterocycles. The maximum Gasteiger partial charge on any atom is 0.277 e. The number of hydrogen-bond acceptors (Lipinski definition) is 7. The number of aromatic nitrogens is 2. The summed E-state index contributed by atoms with van der Waals surface area (Å²) in [5, 5.41) is 4.06. The van der Waals surface area contributed by atoms with Gasteiger partial charge in [-0.15, -0.1) is 0 Å². The lowest BCUT2D eigenvalue weighted by Crippen LogP contribution is -2.43. The van der Waals surface area contributed by atoms with E-state index in [1.807, 2.05) is 37.3 Å². The van der Waals surface area contributed by atoms with Crippen LogP contribution in [0, 0.1) is 6.92 Å². The minimum Gasteiger partial charge on any atom is -0.389 e. The molecule has 0 radical (unpaired) electrons. The van der Waals surface area contributed by atoms with Crippen LogP contribution in [-0.4, -0.2) is 35.0 Å². The summed E-state index contributed by atoms with van der Waals surface area (Å²) in [5.41, 5.74) is 16.1. The third-order valence-corrected chi connectivity index (χ3v) is 5.91. The number of piperidine rings is 1. The molecular formula is C21H24N6OS. The van der Waals surface area contributed by atoms with E-state index in [0.29, 0.717) is 10.7 Å². The van der Waals surface area contributed by atoms with Crippen LogP contribution in [0.25, 0.3) is 10.6 Å². The topological polar surface area (TPSA) is 110 Å². The number of nitrogens with two attached hydrogens (primary N) is 2. The maximum absolute atomic E-state index is 12.9. The third-order valence-electron chi connectivity index (χ3n) is 4.98. The van der Waals surface area contributed by atoms with Gasteiger partial charge in [0.25, 0.3) is 5.91 Å². The summed E-state index contributed by atoms with van der Waals surface area (Å²) in [6.07, 6.45) is 5.41. The van der Waals surface area contributed by atoms with Crippen LogP contribution >= 0.6 is 11.3 Å². The van der Waals surface area contributed by atoms with Gasteiger partial charge in [0, 0.05) is 30.9 Å². The Bertz CT molecular complexity index is 1030. The number of anilines is 3. The SMILES string of the molecule is Cc1cccc(-c2nc(C(=O)Nc3cnccc3N3CCCC(N)C3)c(N)s2)c1. The Morgan fingerprint density at radius 3 is 3.00 bits per heavy atom. The summed E-state index contributed by atoms with van der Waals surface area (Å²) in [6.45, 7) is 3.67. The number of carbonyl (C=O) groups excluding carboxylic acids is 1. The normalized spacial score (nSPS) is 16.6. The van der Waals surface area contributed by atoms with Crippen molar-refractivity contribution >= 4 is 33.6 Å². The van der Waals surface area contributed by atoms with E-state index in [2.05, 4.69) is 20.2 Å². The van der Waals surface area contributed by atoms with Gasteiger partial charge in [-0.2, -0.15) is 0 Å². The van der Waals surface area contributed by atoms with Crippen LogP contribution in [-0.2, 0) is 0 Å². The predicted octanol–water partition coefficient (Wildman–Crippen LogP) is 3.28. The van der Waals surface area contributed by atoms with Crippen LogP contribution in [0.4, 0.5) is 16.4 Å². The fraction of sp³-hybridized carbons (Fsp3) is 0.286. The van der Waals surface area contributed by atoms with E-state index in [9.17, 15) is 4.79 Å². The van der Waals surface area contributed by atoms with Crippen molar-refractivity contribution in [2.45, 2.75) is 25.8 Å². The second-order valence-electron chi connectivity index (χ2n) is 7.30. The standard InChI is InChI=1S/C21H24N6OS/c1-13-4-2-5-14(10-13)21-26-18(19(23)29-21)20(28)25-16-11-24-8-7-17(16)27-9-3-6-15(22)12-27/h2,4-5,7-8,10-11,15H,3,6,9,12,22-23H2,1H3,(H,25,28). The Hall–Kier alpha value is -2.97. The highest BCUT2D eigenvalue weighted by Gasteiger charge is 2.22. The fourth-order valence-electron chi connectivity index (χ4n) is 3.57. The van der Waals surface area contributed by atoms with Gasteiger partial charge in [0.05, 0.1) is 17.6 Å². The Kier molecular flexibility index (Phi) is 5.46. The minimum absolute atomic E-state index is 0.131. The van der Waals surface area contributed by atoms with Gasteiger partial charge >= 0.3 is 0 Å². The van der Waals surface area contributed by atoms with Gasteiger partial charge in [0.15, 0.2) is 5.69 Å². The molecule has 7 nitrogen and oxygen atoms in total. The molecule has 0 bridgehead atoms. The molecule has 0 spiro atoms. The van der Waals surface area contributed by atoms with Gasteiger partial charge < -0.3 is 21.7 Å². The molecular weight excluding hydrogens is 384 g/mol. The number of amides is 1. The molecule has 1 fully saturated rings. The number of rotatable bonds is 4. The summed E-state index contributed by atoms with van der Waals surface area (Å²) in [6, 6.07) is 10.0. The number of hydrogen-bond donors (Lipinski definition) is 3. The molecule has 1 amide bonds. The number of nitrogens with zero attached hydrogens (tertiary/aromatic N) is 3. The summed E-state index contributed by atoms with van der Waals surface area (Å²) < 4.78 is 0. The molecule has 1 unspecified atom stereocenters. The number of thiazole rings is 1. The summed E-state index contributed by atoms with van der Waals surface area (Å²) in [4.78, 5) is 23.8. The van der Waals surface area contributed by atoms with Crippen LogP contribution in [0.15, 0.2) is 42.7 Å². The van der Waals surface area contributed by atoms with Gasteiger partial charge in [0.2, 0.25) is 0 Å². The monoisotopic (exact) mass is 408 g/mol. The van der Waals surface area contributed by atoms with Crippen LogP contribution in [0.5, 0.6) is 0 Å². The average molecular weight is 409 g/mol. The highest BCUT2D eigenvalue weighted by atomic mass is 32.1. The van der Waals surface area contributed by atoms with E-state index >= 15 is 0 Å². The zero-order valence-corrected chi connectivity index (χ0v) is 17.1. The van der Waals surface area contributed by atoms with Crippen molar-refractivity contribution in [3.05, 3.63) is 54.0 Å². The van der Waals surface area contributed by atoms with Gasteiger partial charge in [-0.3, -0.25) is 9.78 Å². The molecule has 2 aromatic heterocycles. The van der Waals surface area contributed by atoms with Crippen molar-refractivity contribution in [3.8, 4) is 10.6 Å². The van der Waals surface area contributed by atoms with Gasteiger partial charge in [0.1, 0.15) is 10.0 Å². The third kappa shape index (κ3) is 4.23. The molecule has 1 aromatic carbocycles. The first-order valence-electron chi connectivity index (χ1n) is 9.60. The van der Waals surface area contributed by atoms with Gasteiger partial charge in [-0.25, -0.2) is 4.98 Å². The van der Waals surface area contributed by atoms with Crippen molar-refractivity contribution < 1.29 is 4.79 Å². The van der Waals surface area contributed by atoms with Crippen molar-refractivity contribution in [2.24, 2.45) is 5.73 Å². The van der Waals surface area contributed by atoms with Gasteiger partial charge in [-0.1, -0.05) is 35.1 Å². The first-order valence-corrected chi connectivity index (χ1v) is 10.4. The highest BCUT2D eigenvalue weighted by Crippen LogP contribution is 2.32. The quantitative estimate of drug-likeness (QED) is 0.611. The largest absolute Gasteiger partial charge is 0.389 e. The number of benzene rings is 1. The zero-order chi connectivity index (χ0) is 20.4. The second-order valence-corrected chi connectivity index (χ2v) is 8.33. The lowest BCUT2D eigenvalue weighted by atomic mass is 10.1. The van der Waals surface area contributed by atoms with E-state index in [4.69, 9.17) is 11.5 Å². The number of pyridine rings is 1. The number of carbonyl (C=O) groups is 1.